The SMILES string of the molecule is NC(=S)CCN1C(=O)CN(c2cccc(O)c2)CC1=O. The maximum absolute atomic E-state index is 12.0. The van der Waals surface area contributed by atoms with E-state index in [1.54, 1.807) is 17.0 Å². The minimum absolute atomic E-state index is 0.0898. The Morgan fingerprint density at radius 1 is 1.30 bits per heavy atom. The lowest BCUT2D eigenvalue weighted by Crippen LogP contribution is -2.54. The maximum Gasteiger partial charge on any atom is 0.248 e. The fourth-order valence-electron chi connectivity index (χ4n) is 2.04. The molecule has 106 valence electrons. The molecular weight excluding hydrogens is 278 g/mol. The molecule has 0 spiro atoms. The van der Waals surface area contributed by atoms with Crippen molar-refractivity contribution in [2.45, 2.75) is 6.42 Å². The van der Waals surface area contributed by atoms with Crippen LogP contribution in [0.5, 0.6) is 5.75 Å². The predicted octanol–water partition coefficient (Wildman–Crippen LogP) is 0.244. The molecular formula is C13H15N3O3S. The number of rotatable bonds is 4. The fraction of sp³-hybridized carbons (Fsp3) is 0.308. The van der Waals surface area contributed by atoms with E-state index in [4.69, 9.17) is 18.0 Å². The second-order valence-corrected chi connectivity index (χ2v) is 5.06. The molecule has 0 saturated carbocycles. The van der Waals surface area contributed by atoms with Gasteiger partial charge in [-0.15, -0.1) is 0 Å². The van der Waals surface area contributed by atoms with Gasteiger partial charge in [-0.3, -0.25) is 14.5 Å². The summed E-state index contributed by atoms with van der Waals surface area (Å²) in [5.41, 5.74) is 6.02. The van der Waals surface area contributed by atoms with Crippen molar-refractivity contribution in [2.24, 2.45) is 5.73 Å². The lowest BCUT2D eigenvalue weighted by atomic mass is 10.2. The molecule has 0 atom stereocenters. The van der Waals surface area contributed by atoms with Gasteiger partial charge >= 0.3 is 0 Å². The average molecular weight is 293 g/mol. The smallest absolute Gasteiger partial charge is 0.248 e. The molecule has 6 nitrogen and oxygen atoms in total. The van der Waals surface area contributed by atoms with Crippen LogP contribution in [0, 0.1) is 0 Å². The second kappa shape index (κ2) is 5.87. The molecule has 20 heavy (non-hydrogen) atoms. The van der Waals surface area contributed by atoms with Crippen LogP contribution < -0.4 is 10.6 Å². The number of nitrogens with two attached hydrogens (primary N) is 1. The zero-order chi connectivity index (χ0) is 14.7. The Morgan fingerprint density at radius 2 is 1.95 bits per heavy atom. The highest BCUT2D eigenvalue weighted by Gasteiger charge is 2.30. The molecule has 1 aliphatic heterocycles. The van der Waals surface area contributed by atoms with Crippen LogP contribution in [0.2, 0.25) is 0 Å². The van der Waals surface area contributed by atoms with Gasteiger partial charge in [-0.2, -0.15) is 0 Å². The summed E-state index contributed by atoms with van der Waals surface area (Å²) in [5, 5.41) is 9.44. The Kier molecular flexibility index (Phi) is 4.19. The van der Waals surface area contributed by atoms with Crippen LogP contribution in [0.1, 0.15) is 6.42 Å². The van der Waals surface area contributed by atoms with Gasteiger partial charge in [0.25, 0.3) is 0 Å². The van der Waals surface area contributed by atoms with E-state index in [0.29, 0.717) is 12.1 Å². The van der Waals surface area contributed by atoms with Crippen LogP contribution in [0.3, 0.4) is 0 Å². The molecule has 1 fully saturated rings. The monoisotopic (exact) mass is 293 g/mol. The van der Waals surface area contributed by atoms with E-state index in [1.165, 1.54) is 17.0 Å². The molecule has 0 radical (unpaired) electrons. The normalized spacial score (nSPS) is 15.6. The molecule has 1 aromatic carbocycles. The van der Waals surface area contributed by atoms with E-state index in [2.05, 4.69) is 0 Å². The van der Waals surface area contributed by atoms with Crippen molar-refractivity contribution >= 4 is 34.7 Å². The van der Waals surface area contributed by atoms with E-state index in [-0.39, 0.29) is 42.2 Å². The van der Waals surface area contributed by atoms with Crippen molar-refractivity contribution in [3.05, 3.63) is 24.3 Å². The summed E-state index contributed by atoms with van der Waals surface area (Å²) in [6, 6.07) is 6.46. The third-order valence-electron chi connectivity index (χ3n) is 3.03. The minimum Gasteiger partial charge on any atom is -0.508 e. The van der Waals surface area contributed by atoms with Gasteiger partial charge in [0.15, 0.2) is 0 Å². The van der Waals surface area contributed by atoms with Gasteiger partial charge in [-0.25, -0.2) is 0 Å². The number of piperazine rings is 1. The van der Waals surface area contributed by atoms with Crippen LogP contribution in [-0.4, -0.2) is 46.4 Å². The van der Waals surface area contributed by atoms with E-state index in [9.17, 15) is 14.7 Å². The largest absolute Gasteiger partial charge is 0.508 e. The lowest BCUT2D eigenvalue weighted by molar-refractivity contribution is -0.145. The molecule has 0 aliphatic carbocycles. The molecule has 2 rings (SSSR count). The van der Waals surface area contributed by atoms with Gasteiger partial charge in [-0.1, -0.05) is 18.3 Å². The first-order chi connectivity index (χ1) is 9.47. The van der Waals surface area contributed by atoms with Gasteiger partial charge < -0.3 is 15.7 Å². The maximum atomic E-state index is 12.0. The average Bonchev–Trinajstić information content (AvgIpc) is 2.37. The molecule has 1 aromatic rings. The van der Waals surface area contributed by atoms with Gasteiger partial charge in [0.1, 0.15) is 5.75 Å². The Bertz CT molecular complexity index is 544. The molecule has 0 aromatic heterocycles. The molecule has 7 heteroatoms. The van der Waals surface area contributed by atoms with Crippen LogP contribution in [0.4, 0.5) is 5.69 Å². The van der Waals surface area contributed by atoms with Gasteiger partial charge in [-0.05, 0) is 12.1 Å². The standard InChI is InChI=1S/C13H15N3O3S/c14-11(20)4-5-16-12(18)7-15(8-13(16)19)9-2-1-3-10(17)6-9/h1-3,6,17H,4-5,7-8H2,(H2,14,20). The zero-order valence-electron chi connectivity index (χ0n) is 10.8. The first kappa shape index (κ1) is 14.3. The summed E-state index contributed by atoms with van der Waals surface area (Å²) < 4.78 is 0. The van der Waals surface area contributed by atoms with Gasteiger partial charge in [0.2, 0.25) is 11.8 Å². The van der Waals surface area contributed by atoms with E-state index >= 15 is 0 Å². The highest BCUT2D eigenvalue weighted by molar-refractivity contribution is 7.80. The quantitative estimate of drug-likeness (QED) is 0.611. The number of phenols is 1. The van der Waals surface area contributed by atoms with Gasteiger partial charge in [0, 0.05) is 24.7 Å². The predicted molar refractivity (Wildman–Crippen MR) is 78.4 cm³/mol. The minimum atomic E-state index is -0.291. The van der Waals surface area contributed by atoms with Crippen LogP contribution >= 0.6 is 12.2 Å². The summed E-state index contributed by atoms with van der Waals surface area (Å²) in [5.74, 6) is -0.486. The highest BCUT2D eigenvalue weighted by atomic mass is 32.1. The van der Waals surface area contributed by atoms with E-state index in [0.717, 1.165) is 0 Å². The number of carbonyl (C=O) groups excluding carboxylic acids is 2. The fourth-order valence-corrected chi connectivity index (χ4v) is 2.13. The number of carbonyl (C=O) groups is 2. The Morgan fingerprint density at radius 3 is 2.50 bits per heavy atom. The Labute approximate surface area is 121 Å². The molecule has 3 N–H and O–H groups in total. The van der Waals surface area contributed by atoms with Crippen LogP contribution in [0.15, 0.2) is 24.3 Å². The number of imide groups is 1. The molecule has 0 unspecified atom stereocenters. The summed E-state index contributed by atoms with van der Waals surface area (Å²) in [7, 11) is 0. The molecule has 1 heterocycles. The van der Waals surface area contributed by atoms with Crippen molar-refractivity contribution in [3.8, 4) is 5.75 Å². The zero-order valence-corrected chi connectivity index (χ0v) is 11.6. The van der Waals surface area contributed by atoms with Gasteiger partial charge in [0.05, 0.1) is 18.1 Å². The molecule has 1 saturated heterocycles. The topological polar surface area (TPSA) is 86.9 Å². The molecule has 1 aliphatic rings. The third kappa shape index (κ3) is 3.24. The first-order valence-electron chi connectivity index (χ1n) is 6.13. The number of aromatic hydroxyl groups is 1. The van der Waals surface area contributed by atoms with Crippen molar-refractivity contribution in [1.82, 2.24) is 4.90 Å². The third-order valence-corrected chi connectivity index (χ3v) is 3.24. The summed E-state index contributed by atoms with van der Waals surface area (Å²) >= 11 is 4.75. The summed E-state index contributed by atoms with van der Waals surface area (Å²) in [6.07, 6.45) is 0.332. The number of benzene rings is 1. The number of hydrogen-bond donors (Lipinski definition) is 2. The molecule has 0 bridgehead atoms. The van der Waals surface area contributed by atoms with Crippen molar-refractivity contribution in [1.29, 1.82) is 0 Å². The summed E-state index contributed by atoms with van der Waals surface area (Å²) in [4.78, 5) is 27.1. The lowest BCUT2D eigenvalue weighted by Gasteiger charge is -2.34. The van der Waals surface area contributed by atoms with Crippen molar-refractivity contribution in [2.75, 3.05) is 24.5 Å². The second-order valence-electron chi connectivity index (χ2n) is 4.53. The number of amides is 2. The number of thiocarbonyl (C=S) groups is 1. The summed E-state index contributed by atoms with van der Waals surface area (Å²) in [6.45, 7) is 0.403. The van der Waals surface area contributed by atoms with Crippen LogP contribution in [0.25, 0.3) is 0 Å². The van der Waals surface area contributed by atoms with Crippen molar-refractivity contribution in [3.63, 3.8) is 0 Å². The highest BCUT2D eigenvalue weighted by Crippen LogP contribution is 2.21. The van der Waals surface area contributed by atoms with E-state index in [1.807, 2.05) is 0 Å². The number of nitrogens with zero attached hydrogens (tertiary/aromatic N) is 2. The number of anilines is 1. The Balaban J connectivity index is 2.08. The molecule has 2 amide bonds. The van der Waals surface area contributed by atoms with Crippen molar-refractivity contribution < 1.29 is 14.7 Å². The first-order valence-corrected chi connectivity index (χ1v) is 6.53. The number of hydrogen-bond acceptors (Lipinski definition) is 5. The Hall–Kier alpha value is -2.15. The van der Waals surface area contributed by atoms with Crippen LogP contribution in [-0.2, 0) is 9.59 Å². The number of phenolic OH excluding ortho intramolecular Hbond substituents is 1. The van der Waals surface area contributed by atoms with E-state index < -0.39 is 0 Å².